The molecule has 0 atom stereocenters. The number of aromatic nitrogens is 2. The zero-order valence-corrected chi connectivity index (χ0v) is 30.5. The van der Waals surface area contributed by atoms with Gasteiger partial charge >= 0.3 is 0 Å². The topological polar surface area (TPSA) is 68.7 Å². The van der Waals surface area contributed by atoms with Gasteiger partial charge in [-0.1, -0.05) is 78.9 Å². The van der Waals surface area contributed by atoms with Crippen molar-refractivity contribution in [2.75, 3.05) is 0 Å². The molecule has 0 saturated carbocycles. The summed E-state index contributed by atoms with van der Waals surface area (Å²) in [4.78, 5) is 7.95. The highest BCUT2D eigenvalue weighted by molar-refractivity contribution is 6.19. The average Bonchev–Trinajstić information content (AvgIpc) is 4.01. The number of benzene rings is 8. The van der Waals surface area contributed by atoms with E-state index in [0.717, 1.165) is 93.2 Å². The molecule has 12 aromatic rings. The van der Waals surface area contributed by atoms with Gasteiger partial charge in [0.2, 0.25) is 5.69 Å². The largest absolute Gasteiger partial charge is 0.456 e. The summed E-state index contributed by atoms with van der Waals surface area (Å²) in [6.07, 6.45) is 0. The van der Waals surface area contributed by atoms with E-state index in [1.54, 1.807) is 6.07 Å². The molecule has 0 bridgehead atoms. The van der Waals surface area contributed by atoms with Crippen molar-refractivity contribution < 1.29 is 8.83 Å². The summed E-state index contributed by atoms with van der Waals surface area (Å²) < 4.78 is 16.9. The lowest BCUT2D eigenvalue weighted by Gasteiger charge is -2.16. The van der Waals surface area contributed by atoms with Crippen LogP contribution in [0.4, 0.5) is 11.4 Å². The summed E-state index contributed by atoms with van der Waals surface area (Å²) >= 11 is 0. The highest BCUT2D eigenvalue weighted by Crippen LogP contribution is 2.45. The van der Waals surface area contributed by atoms with E-state index < -0.39 is 0 Å². The molecule has 0 unspecified atom stereocenters. The smallest absolute Gasteiger partial charge is 0.200 e. The van der Waals surface area contributed by atoms with Gasteiger partial charge in [0.1, 0.15) is 22.3 Å². The third kappa shape index (κ3) is 4.34. The number of nitrogens with zero attached hydrogens (tertiary/aromatic N) is 5. The minimum absolute atomic E-state index is 0.327. The van der Waals surface area contributed by atoms with Gasteiger partial charge in [-0.05, 0) is 83.9 Å². The van der Waals surface area contributed by atoms with Crippen LogP contribution in [0, 0.1) is 24.5 Å². The Bertz CT molecular complexity index is 3910. The van der Waals surface area contributed by atoms with Crippen LogP contribution in [0.3, 0.4) is 0 Å². The van der Waals surface area contributed by atoms with E-state index >= 15 is 0 Å². The van der Waals surface area contributed by atoms with Gasteiger partial charge in [-0.15, -0.1) is 0 Å². The van der Waals surface area contributed by atoms with Gasteiger partial charge in [-0.3, -0.25) is 0 Å². The van der Waals surface area contributed by atoms with Crippen molar-refractivity contribution in [3.63, 3.8) is 0 Å². The number of nitriles is 1. The Morgan fingerprint density at radius 3 is 1.57 bits per heavy atom. The molecule has 7 heteroatoms. The Hall–Kier alpha value is -8.57. The molecule has 4 heterocycles. The molecule has 0 aliphatic carbocycles. The van der Waals surface area contributed by atoms with Crippen molar-refractivity contribution in [3.8, 4) is 28.6 Å². The second-order valence-electron chi connectivity index (χ2n) is 14.6. The van der Waals surface area contributed by atoms with Crippen molar-refractivity contribution in [1.29, 1.82) is 5.26 Å². The van der Waals surface area contributed by atoms with E-state index in [0.29, 0.717) is 33.8 Å². The van der Waals surface area contributed by atoms with E-state index in [1.807, 2.05) is 84.9 Å². The lowest BCUT2D eigenvalue weighted by atomic mass is 9.99. The lowest BCUT2D eigenvalue weighted by molar-refractivity contribution is 0.669. The molecule has 0 N–H and O–H groups in total. The van der Waals surface area contributed by atoms with E-state index in [2.05, 4.69) is 85.6 Å². The van der Waals surface area contributed by atoms with Crippen molar-refractivity contribution in [2.24, 2.45) is 0 Å². The van der Waals surface area contributed by atoms with Crippen molar-refractivity contribution in [1.82, 2.24) is 9.13 Å². The van der Waals surface area contributed by atoms with Crippen molar-refractivity contribution in [2.45, 2.75) is 0 Å². The van der Waals surface area contributed by atoms with Gasteiger partial charge in [-0.25, -0.2) is 9.69 Å². The van der Waals surface area contributed by atoms with Crippen LogP contribution in [0.5, 0.6) is 0 Å². The first-order chi connectivity index (χ1) is 28.6. The van der Waals surface area contributed by atoms with E-state index in [1.165, 1.54) is 0 Å². The highest BCUT2D eigenvalue weighted by atomic mass is 16.3. The Labute approximate surface area is 329 Å². The maximum Gasteiger partial charge on any atom is 0.200 e. The summed E-state index contributed by atoms with van der Waals surface area (Å²) in [5, 5.41) is 18.6. The monoisotopic (exact) mass is 739 g/mol. The Morgan fingerprint density at radius 1 is 0.448 bits per heavy atom. The molecule has 7 nitrogen and oxygen atoms in total. The van der Waals surface area contributed by atoms with Crippen LogP contribution in [0.25, 0.3) is 120 Å². The van der Waals surface area contributed by atoms with Crippen LogP contribution >= 0.6 is 0 Å². The zero-order chi connectivity index (χ0) is 38.6. The second kappa shape index (κ2) is 11.7. The minimum atomic E-state index is 0.327. The summed E-state index contributed by atoms with van der Waals surface area (Å²) in [6.45, 7) is 16.7. The fourth-order valence-electron chi connectivity index (χ4n) is 9.03. The standard InChI is InChI=1S/C51H25N5O2/c1-53-41-27-42(54-2)47(56-44-16-8-4-12-33(44)38-26-51-40(24-46(38)56)35-14-6-10-18-49(35)58-51)22-36(41)30-19-29(28-52)20-31(21-30)55-43-15-7-3-11-32(43)37-25-50-39(23-45(37)55)34-13-5-9-17-48(34)57-50/h3-27H. The molecule has 0 aliphatic rings. The fraction of sp³-hybridized carbons (Fsp3) is 0. The first kappa shape index (κ1) is 31.7. The summed E-state index contributed by atoms with van der Waals surface area (Å²) in [6, 6.07) is 52.8. The number of hydrogen-bond acceptors (Lipinski definition) is 3. The quantitative estimate of drug-likeness (QED) is 0.169. The third-order valence-electron chi connectivity index (χ3n) is 11.5. The van der Waals surface area contributed by atoms with Gasteiger partial charge in [0, 0.05) is 48.8 Å². The molecule has 8 aromatic carbocycles. The Balaban J connectivity index is 1.14. The Morgan fingerprint density at radius 2 is 0.983 bits per heavy atom. The summed E-state index contributed by atoms with van der Waals surface area (Å²) in [7, 11) is 0. The van der Waals surface area contributed by atoms with Crippen molar-refractivity contribution in [3.05, 3.63) is 180 Å². The third-order valence-corrected chi connectivity index (χ3v) is 11.5. The van der Waals surface area contributed by atoms with E-state index in [4.69, 9.17) is 22.0 Å². The number of furan rings is 2. The maximum atomic E-state index is 10.5. The van der Waals surface area contributed by atoms with Crippen LogP contribution in [0.2, 0.25) is 0 Å². The first-order valence-electron chi connectivity index (χ1n) is 18.8. The van der Waals surface area contributed by atoms with Crippen LogP contribution in [0.15, 0.2) is 160 Å². The lowest BCUT2D eigenvalue weighted by Crippen LogP contribution is -1.98. The van der Waals surface area contributed by atoms with Gasteiger partial charge in [0.15, 0.2) is 5.69 Å². The normalized spacial score (nSPS) is 11.7. The molecule has 0 aliphatic heterocycles. The van der Waals surface area contributed by atoms with Gasteiger partial charge < -0.3 is 18.0 Å². The molecule has 0 spiro atoms. The van der Waals surface area contributed by atoms with Gasteiger partial charge in [-0.2, -0.15) is 5.26 Å². The van der Waals surface area contributed by atoms with E-state index in [9.17, 15) is 5.26 Å². The van der Waals surface area contributed by atoms with E-state index in [-0.39, 0.29) is 0 Å². The van der Waals surface area contributed by atoms with Crippen LogP contribution in [-0.2, 0) is 0 Å². The molecule has 12 rings (SSSR count). The maximum absolute atomic E-state index is 10.5. The average molecular weight is 740 g/mol. The molecular weight excluding hydrogens is 715 g/mol. The molecule has 4 aromatic heterocycles. The second-order valence-corrected chi connectivity index (χ2v) is 14.6. The summed E-state index contributed by atoms with van der Waals surface area (Å²) in [5.74, 6) is 0. The summed E-state index contributed by atoms with van der Waals surface area (Å²) in [5.41, 5.74) is 10.9. The minimum Gasteiger partial charge on any atom is -0.456 e. The SMILES string of the molecule is [C-]#[N+]c1cc([N+]#[C-])c(-n2c3ccccc3c3cc4oc5ccccc5c4cc32)cc1-c1cc(C#N)cc(-n2c3ccccc3c3cc4oc5ccccc5c4cc32)c1. The fourth-order valence-corrected chi connectivity index (χ4v) is 9.03. The first-order valence-corrected chi connectivity index (χ1v) is 18.8. The number of fused-ring (bicyclic) bond motifs is 12. The molecule has 0 amide bonds. The molecule has 58 heavy (non-hydrogen) atoms. The van der Waals surface area contributed by atoms with Crippen LogP contribution < -0.4 is 0 Å². The number of para-hydroxylation sites is 4. The van der Waals surface area contributed by atoms with Gasteiger partial charge in [0.05, 0.1) is 52.5 Å². The molecule has 0 fully saturated rings. The predicted molar refractivity (Wildman–Crippen MR) is 232 cm³/mol. The molecule has 0 radical (unpaired) electrons. The number of hydrogen-bond donors (Lipinski definition) is 0. The molecular formula is C51H25N5O2. The Kier molecular flexibility index (Phi) is 6.41. The van der Waals surface area contributed by atoms with Crippen LogP contribution in [0.1, 0.15) is 5.56 Å². The predicted octanol–water partition coefficient (Wildman–Crippen LogP) is 14.3. The van der Waals surface area contributed by atoms with Crippen molar-refractivity contribution >= 4 is 98.9 Å². The molecule has 0 saturated heterocycles. The number of rotatable bonds is 3. The van der Waals surface area contributed by atoms with Gasteiger partial charge in [0.25, 0.3) is 0 Å². The zero-order valence-electron chi connectivity index (χ0n) is 30.5. The van der Waals surface area contributed by atoms with Crippen LogP contribution in [-0.4, -0.2) is 9.13 Å². The molecule has 266 valence electrons. The highest BCUT2D eigenvalue weighted by Gasteiger charge is 2.22.